The Hall–Kier alpha value is -3.48. The smallest absolute Gasteiger partial charge is 0.262 e. The molecule has 0 bridgehead atoms. The molecular weight excluding hydrogens is 448 g/mol. The first-order valence-corrected chi connectivity index (χ1v) is 14.0. The van der Waals surface area contributed by atoms with Crippen LogP contribution in [0.5, 0.6) is 0 Å². The Morgan fingerprint density at radius 2 is 1.46 bits per heavy atom. The molecule has 6 heteroatoms. The molecule has 3 aromatic carbocycles. The lowest BCUT2D eigenvalue weighted by Crippen LogP contribution is -2.67. The average molecular weight is 481 g/mol. The monoisotopic (exact) mass is 480 g/mol. The normalized spacial score (nSPS) is 15.8. The lowest BCUT2D eigenvalue weighted by molar-refractivity contribution is 0.196. The topological polar surface area (TPSA) is 51.4 Å². The summed E-state index contributed by atoms with van der Waals surface area (Å²) < 4.78 is 9.54. The van der Waals surface area contributed by atoms with E-state index in [4.69, 9.17) is 9.41 Å². The number of nitrogens with one attached hydrogen (secondary N) is 1. The summed E-state index contributed by atoms with van der Waals surface area (Å²) in [5.41, 5.74) is 2.13. The van der Waals surface area contributed by atoms with Crippen molar-refractivity contribution in [3.05, 3.63) is 109 Å². The second-order valence-corrected chi connectivity index (χ2v) is 14.3. The van der Waals surface area contributed by atoms with Crippen molar-refractivity contribution in [3.8, 4) is 0 Å². The van der Waals surface area contributed by atoms with Crippen molar-refractivity contribution >= 4 is 30.8 Å². The first kappa shape index (κ1) is 23.3. The number of benzene rings is 3. The van der Waals surface area contributed by atoms with Crippen molar-refractivity contribution in [1.82, 2.24) is 9.55 Å². The van der Waals surface area contributed by atoms with Crippen molar-refractivity contribution in [1.29, 1.82) is 0 Å². The number of anilines is 1. The van der Waals surface area contributed by atoms with Gasteiger partial charge < -0.3 is 14.3 Å². The Bertz CT molecular complexity index is 1240. The number of fused-ring (bicyclic) bond motifs is 1. The standard InChI is InChI=1S/C29H32N4OSi/c1-29(2,3)35(24-15-9-5-10-16-24,25-17-11-6-12-18-25)34-26-19-30-21-31-28-27(26)32-22-33(28)20-23-13-7-4-8-14-23/h4-18,21-22,26H,19-20H2,1-3H3,(H,30,31). The van der Waals surface area contributed by atoms with Gasteiger partial charge in [0.2, 0.25) is 0 Å². The fraction of sp³-hybridized carbons (Fsp3) is 0.241. The van der Waals surface area contributed by atoms with E-state index in [1.807, 2.05) is 12.4 Å². The number of imidazole rings is 1. The molecule has 1 aliphatic heterocycles. The third kappa shape index (κ3) is 4.47. The summed E-state index contributed by atoms with van der Waals surface area (Å²) in [6.07, 6.45) is 3.42. The van der Waals surface area contributed by atoms with Crippen LogP contribution in [0.15, 0.2) is 102 Å². The van der Waals surface area contributed by atoms with Gasteiger partial charge in [0.05, 0.1) is 25.8 Å². The molecule has 2 heterocycles. The van der Waals surface area contributed by atoms with Gasteiger partial charge in [0.1, 0.15) is 17.6 Å². The average Bonchev–Trinajstić information content (AvgIpc) is 3.15. The second-order valence-electron chi connectivity index (χ2n) is 10.0. The summed E-state index contributed by atoms with van der Waals surface area (Å²) in [4.78, 5) is 9.51. The van der Waals surface area contributed by atoms with Crippen LogP contribution in [-0.4, -0.2) is 30.8 Å². The molecule has 0 fully saturated rings. The Kier molecular flexibility index (Phi) is 6.41. The highest BCUT2D eigenvalue weighted by atomic mass is 28.4. The minimum absolute atomic E-state index is 0.119. The predicted octanol–water partition coefficient (Wildman–Crippen LogP) is 5.00. The van der Waals surface area contributed by atoms with Crippen molar-refractivity contribution in [2.45, 2.75) is 38.5 Å². The second kappa shape index (κ2) is 9.64. The van der Waals surface area contributed by atoms with Gasteiger partial charge in [-0.15, -0.1) is 0 Å². The van der Waals surface area contributed by atoms with E-state index in [-0.39, 0.29) is 11.1 Å². The number of aromatic nitrogens is 2. The summed E-state index contributed by atoms with van der Waals surface area (Å²) in [5.74, 6) is 0.943. The molecule has 178 valence electrons. The van der Waals surface area contributed by atoms with Crippen LogP contribution < -0.4 is 15.7 Å². The molecular formula is C29H32N4OSi. The highest BCUT2D eigenvalue weighted by Crippen LogP contribution is 2.41. The molecule has 0 amide bonds. The Morgan fingerprint density at radius 3 is 2.03 bits per heavy atom. The fourth-order valence-electron chi connectivity index (χ4n) is 5.03. The van der Waals surface area contributed by atoms with Gasteiger partial charge >= 0.3 is 0 Å². The first-order chi connectivity index (χ1) is 17.0. The van der Waals surface area contributed by atoms with Gasteiger partial charge in [-0.05, 0) is 21.0 Å². The number of hydrogen-bond acceptors (Lipinski definition) is 4. The van der Waals surface area contributed by atoms with Gasteiger partial charge in [-0.3, -0.25) is 4.99 Å². The van der Waals surface area contributed by atoms with E-state index >= 15 is 0 Å². The van der Waals surface area contributed by atoms with E-state index in [0.29, 0.717) is 6.54 Å². The minimum Gasteiger partial charge on any atom is -0.397 e. The highest BCUT2D eigenvalue weighted by molar-refractivity contribution is 6.99. The Labute approximate surface area is 208 Å². The molecule has 1 atom stereocenters. The van der Waals surface area contributed by atoms with Crippen molar-refractivity contribution in [3.63, 3.8) is 0 Å². The number of nitrogens with zero attached hydrogens (tertiary/aromatic N) is 3. The Balaban J connectivity index is 1.60. The van der Waals surface area contributed by atoms with E-state index in [1.165, 1.54) is 15.9 Å². The summed E-state index contributed by atoms with van der Waals surface area (Å²) in [5, 5.41) is 5.76. The first-order valence-electron chi connectivity index (χ1n) is 12.1. The lowest BCUT2D eigenvalue weighted by atomic mass is 10.2. The fourth-order valence-corrected chi connectivity index (χ4v) is 9.66. The summed E-state index contributed by atoms with van der Waals surface area (Å²) in [6, 6.07) is 31.9. The molecule has 0 saturated carbocycles. The van der Waals surface area contributed by atoms with Crippen molar-refractivity contribution in [2.75, 3.05) is 11.9 Å². The van der Waals surface area contributed by atoms with Crippen LogP contribution in [0.2, 0.25) is 5.04 Å². The van der Waals surface area contributed by atoms with E-state index in [2.05, 4.69) is 121 Å². The number of hydrogen-bond donors (Lipinski definition) is 1. The van der Waals surface area contributed by atoms with E-state index in [9.17, 15) is 0 Å². The van der Waals surface area contributed by atoms with Crippen LogP contribution in [0, 0.1) is 0 Å². The summed E-state index contributed by atoms with van der Waals surface area (Å²) in [7, 11) is -2.74. The van der Waals surface area contributed by atoms with Crippen LogP contribution in [0.4, 0.5) is 5.82 Å². The minimum atomic E-state index is -2.74. The maximum Gasteiger partial charge on any atom is 0.262 e. The van der Waals surface area contributed by atoms with E-state index in [1.54, 1.807) is 6.34 Å². The van der Waals surface area contributed by atoms with Crippen molar-refractivity contribution < 1.29 is 4.43 Å². The Morgan fingerprint density at radius 1 is 0.886 bits per heavy atom. The van der Waals surface area contributed by atoms with Crippen LogP contribution in [0.25, 0.3) is 0 Å². The van der Waals surface area contributed by atoms with Crippen LogP contribution in [0.1, 0.15) is 38.1 Å². The summed E-state index contributed by atoms with van der Waals surface area (Å²) >= 11 is 0. The molecule has 5 rings (SSSR count). The van der Waals surface area contributed by atoms with Gasteiger partial charge in [-0.2, -0.15) is 0 Å². The zero-order valence-electron chi connectivity index (χ0n) is 20.6. The lowest BCUT2D eigenvalue weighted by Gasteiger charge is -2.44. The van der Waals surface area contributed by atoms with Gasteiger partial charge in [0, 0.05) is 0 Å². The molecule has 4 aromatic rings. The third-order valence-electron chi connectivity index (χ3n) is 6.67. The molecule has 1 unspecified atom stereocenters. The number of aliphatic imine (C=N–C) groups is 1. The molecule has 0 radical (unpaired) electrons. The van der Waals surface area contributed by atoms with Gasteiger partial charge in [-0.25, -0.2) is 4.98 Å². The van der Waals surface area contributed by atoms with Crippen LogP contribution in [-0.2, 0) is 11.0 Å². The zero-order chi connectivity index (χ0) is 24.3. The van der Waals surface area contributed by atoms with E-state index in [0.717, 1.165) is 18.1 Å². The van der Waals surface area contributed by atoms with Gasteiger partial charge in [0.15, 0.2) is 0 Å². The van der Waals surface area contributed by atoms with E-state index < -0.39 is 8.32 Å². The molecule has 5 nitrogen and oxygen atoms in total. The maximum absolute atomic E-state index is 7.39. The third-order valence-corrected chi connectivity index (χ3v) is 11.7. The number of rotatable bonds is 6. The zero-order valence-corrected chi connectivity index (χ0v) is 21.6. The molecule has 0 spiro atoms. The van der Waals surface area contributed by atoms with Gasteiger partial charge in [0.25, 0.3) is 8.32 Å². The highest BCUT2D eigenvalue weighted by Gasteiger charge is 2.52. The van der Waals surface area contributed by atoms with Crippen LogP contribution >= 0.6 is 0 Å². The predicted molar refractivity (Wildman–Crippen MR) is 146 cm³/mol. The molecule has 1 N–H and O–H groups in total. The summed E-state index contributed by atoms with van der Waals surface area (Å²) in [6.45, 7) is 8.15. The van der Waals surface area contributed by atoms with Crippen LogP contribution in [0.3, 0.4) is 0 Å². The quantitative estimate of drug-likeness (QED) is 0.395. The SMILES string of the molecule is CC(C)(C)[Si](OC1CN=CNc2c1ncn2Cc1ccccc1)(c1ccccc1)c1ccccc1. The largest absolute Gasteiger partial charge is 0.397 e. The van der Waals surface area contributed by atoms with Gasteiger partial charge in [-0.1, -0.05) is 112 Å². The molecule has 1 aliphatic rings. The molecule has 1 aromatic heterocycles. The molecule has 35 heavy (non-hydrogen) atoms. The van der Waals surface area contributed by atoms with Crippen molar-refractivity contribution in [2.24, 2.45) is 4.99 Å². The molecule has 0 saturated heterocycles. The molecule has 0 aliphatic carbocycles. The maximum atomic E-state index is 7.39.